The summed E-state index contributed by atoms with van der Waals surface area (Å²) in [6.45, 7) is 4.64. The number of esters is 3. The minimum absolute atomic E-state index is 0.160. The number of allylic oxidation sites excluding steroid dienone is 6. The van der Waals surface area contributed by atoms with Gasteiger partial charge in [-0.3, -0.25) is 23.4 Å². The van der Waals surface area contributed by atoms with Crippen LogP contribution in [0.3, 0.4) is 0 Å². The molecule has 0 heterocycles. The molecule has 0 bridgehead atoms. The topological polar surface area (TPSA) is 155 Å². The molecule has 0 amide bonds. The summed E-state index contributed by atoms with van der Waals surface area (Å²) in [5, 5.41) is 9.84. The van der Waals surface area contributed by atoms with Crippen molar-refractivity contribution in [2.24, 2.45) is 0 Å². The highest BCUT2D eigenvalue weighted by molar-refractivity contribution is 7.47. The molecule has 0 aliphatic heterocycles. The van der Waals surface area contributed by atoms with E-state index in [1.807, 2.05) is 0 Å². The molecule has 0 spiro atoms. The number of aliphatic hydroxyl groups excluding tert-OH is 1. The van der Waals surface area contributed by atoms with E-state index in [0.717, 1.165) is 96.3 Å². The Bertz CT molecular complexity index is 1380. The van der Waals surface area contributed by atoms with Crippen LogP contribution in [0.25, 0.3) is 0 Å². The van der Waals surface area contributed by atoms with Crippen molar-refractivity contribution in [1.29, 1.82) is 0 Å². The molecule has 12 heteroatoms. The fraction of sp³-hybridized carbons (Fsp3) is 0.855. The van der Waals surface area contributed by atoms with Crippen LogP contribution in [0.2, 0.25) is 0 Å². The number of hydrogen-bond acceptors (Lipinski definition) is 10. The van der Waals surface area contributed by atoms with Crippen LogP contribution in [-0.2, 0) is 42.2 Å². The van der Waals surface area contributed by atoms with Gasteiger partial charge in [-0.25, -0.2) is 4.57 Å². The van der Waals surface area contributed by atoms with E-state index >= 15 is 0 Å². The van der Waals surface area contributed by atoms with E-state index in [9.17, 15) is 28.9 Å². The van der Waals surface area contributed by atoms with Gasteiger partial charge in [-0.2, -0.15) is 0 Å². The third-order valence-corrected chi connectivity index (χ3v) is 14.5. The maximum absolute atomic E-state index is 12.9. The second-order valence-electron chi connectivity index (χ2n) is 20.9. The Balaban J connectivity index is 4.66. The summed E-state index contributed by atoms with van der Waals surface area (Å²) in [5.41, 5.74) is 0. The molecule has 0 saturated heterocycles. The van der Waals surface area contributed by atoms with Crippen molar-refractivity contribution in [1.82, 2.24) is 0 Å². The van der Waals surface area contributed by atoms with Gasteiger partial charge in [-0.1, -0.05) is 243 Å². The van der Waals surface area contributed by atoms with Gasteiger partial charge in [0.1, 0.15) is 12.7 Å². The van der Waals surface area contributed by atoms with Crippen LogP contribution in [0.5, 0.6) is 0 Å². The third kappa shape index (κ3) is 54.5. The highest BCUT2D eigenvalue weighted by atomic mass is 31.2. The lowest BCUT2D eigenvalue weighted by atomic mass is 10.0. The van der Waals surface area contributed by atoms with Crippen LogP contribution in [0.15, 0.2) is 36.5 Å². The molecular weight excluding hydrogens is 952 g/mol. The first-order chi connectivity index (χ1) is 36.2. The van der Waals surface area contributed by atoms with Gasteiger partial charge in [0.25, 0.3) is 0 Å². The molecule has 74 heavy (non-hydrogen) atoms. The lowest BCUT2D eigenvalue weighted by Gasteiger charge is -2.21. The molecule has 0 saturated carbocycles. The van der Waals surface area contributed by atoms with Crippen LogP contribution in [0.4, 0.5) is 0 Å². The number of phosphoric ester groups is 1. The summed E-state index contributed by atoms with van der Waals surface area (Å²) in [5.74, 6) is -1.46. The van der Waals surface area contributed by atoms with Crippen molar-refractivity contribution in [3.63, 3.8) is 0 Å². The molecular formula is C62H115O11P. The summed E-state index contributed by atoms with van der Waals surface area (Å²) in [6, 6.07) is 0. The SMILES string of the molecule is CCCCC/C=C\C/C=C\CCCCCCCCCC(=O)OC(COC(=O)CCCCCCC/C=C\CCCCCC)COP(=O)(O)OCC(CO)OC(=O)CCCCCCCCCCCCCCCCCCC. The van der Waals surface area contributed by atoms with E-state index in [4.69, 9.17) is 23.3 Å². The van der Waals surface area contributed by atoms with Crippen LogP contribution >= 0.6 is 7.82 Å². The first kappa shape index (κ1) is 71.7. The Morgan fingerprint density at radius 1 is 0.378 bits per heavy atom. The Kier molecular flexibility index (Phi) is 55.1. The van der Waals surface area contributed by atoms with Crippen LogP contribution in [0, 0.1) is 0 Å². The molecule has 0 aliphatic rings. The van der Waals surface area contributed by atoms with E-state index < -0.39 is 57.8 Å². The summed E-state index contributed by atoms with van der Waals surface area (Å²) in [4.78, 5) is 48.6. The molecule has 0 rings (SSSR count). The fourth-order valence-corrected chi connectivity index (χ4v) is 9.58. The minimum Gasteiger partial charge on any atom is -0.462 e. The molecule has 0 aromatic carbocycles. The zero-order valence-electron chi connectivity index (χ0n) is 48.1. The van der Waals surface area contributed by atoms with E-state index in [2.05, 4.69) is 57.2 Å². The second kappa shape index (κ2) is 56.9. The highest BCUT2D eigenvalue weighted by Gasteiger charge is 2.28. The monoisotopic (exact) mass is 1070 g/mol. The van der Waals surface area contributed by atoms with E-state index in [1.54, 1.807) is 0 Å². The Morgan fingerprint density at radius 2 is 0.662 bits per heavy atom. The average Bonchev–Trinajstić information content (AvgIpc) is 3.39. The number of ether oxygens (including phenoxy) is 3. The number of unbranched alkanes of at least 4 members (excludes halogenated alkanes) is 35. The number of aliphatic hydroxyl groups is 1. The fourth-order valence-electron chi connectivity index (χ4n) is 8.79. The zero-order chi connectivity index (χ0) is 54.1. The van der Waals surface area contributed by atoms with Crippen LogP contribution < -0.4 is 0 Å². The van der Waals surface area contributed by atoms with Crippen molar-refractivity contribution < 1.29 is 52.2 Å². The van der Waals surface area contributed by atoms with Gasteiger partial charge < -0.3 is 24.2 Å². The standard InChI is InChI=1S/C62H115O11P/c1-4-7-10-13-16-19-22-25-27-29-31-34-37-40-43-46-49-52-61(65)72-58(54-63)56-70-74(67,68)71-57-59(55-69-60(64)51-48-45-42-39-36-33-24-21-18-15-12-9-6-3)73-62(66)53-50-47-44-41-38-35-32-30-28-26-23-20-17-14-11-8-5-2/h17,20-21,24,26,28,58-59,63H,4-16,18-19,22-23,25,27,29-57H2,1-3H3,(H,67,68)/b20-17-,24-21-,28-26-. The zero-order valence-corrected chi connectivity index (χ0v) is 49.0. The molecule has 0 aromatic rings. The van der Waals surface area contributed by atoms with Gasteiger partial charge in [0.2, 0.25) is 0 Å². The van der Waals surface area contributed by atoms with Crippen molar-refractivity contribution in [3.8, 4) is 0 Å². The maximum atomic E-state index is 12.9. The Morgan fingerprint density at radius 3 is 1.05 bits per heavy atom. The van der Waals surface area contributed by atoms with Crippen molar-refractivity contribution in [3.05, 3.63) is 36.5 Å². The molecule has 434 valence electrons. The normalized spacial score (nSPS) is 13.5. The average molecular weight is 1070 g/mol. The first-order valence-corrected chi connectivity index (χ1v) is 32.4. The predicted octanol–water partition coefficient (Wildman–Crippen LogP) is 18.4. The third-order valence-electron chi connectivity index (χ3n) is 13.5. The van der Waals surface area contributed by atoms with Gasteiger partial charge in [0, 0.05) is 19.3 Å². The Hall–Kier alpha value is -2.30. The van der Waals surface area contributed by atoms with E-state index in [0.29, 0.717) is 19.3 Å². The smallest absolute Gasteiger partial charge is 0.462 e. The molecule has 0 fully saturated rings. The molecule has 2 N–H and O–H groups in total. The number of carbonyl (C=O) groups is 3. The molecule has 0 aromatic heterocycles. The van der Waals surface area contributed by atoms with Gasteiger partial charge in [-0.15, -0.1) is 0 Å². The molecule has 3 atom stereocenters. The summed E-state index contributed by atoms with van der Waals surface area (Å²) in [7, 11) is -4.75. The summed E-state index contributed by atoms with van der Waals surface area (Å²) in [6.07, 6.45) is 59.5. The van der Waals surface area contributed by atoms with Crippen LogP contribution in [-0.4, -0.2) is 66.5 Å². The van der Waals surface area contributed by atoms with Crippen molar-refractivity contribution in [2.75, 3.05) is 26.4 Å². The van der Waals surface area contributed by atoms with E-state index in [-0.39, 0.29) is 25.9 Å². The van der Waals surface area contributed by atoms with Gasteiger partial charge in [-0.05, 0) is 77.0 Å². The van der Waals surface area contributed by atoms with Gasteiger partial charge >= 0.3 is 25.7 Å². The number of hydrogen-bond donors (Lipinski definition) is 2. The quantitative estimate of drug-likeness (QED) is 0.0197. The predicted molar refractivity (Wildman–Crippen MR) is 307 cm³/mol. The number of phosphoric acid groups is 1. The minimum atomic E-state index is -4.75. The number of rotatable bonds is 58. The second-order valence-corrected chi connectivity index (χ2v) is 22.3. The molecule has 0 aliphatic carbocycles. The van der Waals surface area contributed by atoms with Crippen molar-refractivity contribution >= 4 is 25.7 Å². The summed E-state index contributed by atoms with van der Waals surface area (Å²) < 4.78 is 39.6. The Labute approximate surface area is 454 Å². The first-order valence-electron chi connectivity index (χ1n) is 30.9. The van der Waals surface area contributed by atoms with Crippen LogP contribution in [0.1, 0.15) is 303 Å². The highest BCUT2D eigenvalue weighted by Crippen LogP contribution is 2.43. The lowest BCUT2D eigenvalue weighted by molar-refractivity contribution is -0.161. The van der Waals surface area contributed by atoms with Crippen molar-refractivity contribution in [2.45, 2.75) is 315 Å². The molecule has 0 radical (unpaired) electrons. The van der Waals surface area contributed by atoms with Gasteiger partial charge in [0.15, 0.2) is 6.10 Å². The summed E-state index contributed by atoms with van der Waals surface area (Å²) >= 11 is 0. The van der Waals surface area contributed by atoms with Gasteiger partial charge in [0.05, 0.1) is 19.8 Å². The lowest BCUT2D eigenvalue weighted by Crippen LogP contribution is -2.30. The van der Waals surface area contributed by atoms with E-state index in [1.165, 1.54) is 148 Å². The molecule has 3 unspecified atom stereocenters. The maximum Gasteiger partial charge on any atom is 0.472 e. The number of carbonyl (C=O) groups excluding carboxylic acids is 3. The largest absolute Gasteiger partial charge is 0.472 e. The molecule has 11 nitrogen and oxygen atoms in total.